The fraction of sp³-hybridized carbons (Fsp3) is 0.280. The number of hydrogen-bond acceptors (Lipinski definition) is 5. The summed E-state index contributed by atoms with van der Waals surface area (Å²) in [7, 11) is 0.750. The third kappa shape index (κ3) is 5.85. The molecular weight excluding hydrogens is 466 g/mol. The molecule has 0 aromatic heterocycles. The molecule has 0 aliphatic heterocycles. The minimum absolute atomic E-state index is 0.166. The van der Waals surface area contributed by atoms with E-state index in [1.54, 1.807) is 0 Å². The zero-order valence-electron chi connectivity index (χ0n) is 19.4. The summed E-state index contributed by atoms with van der Waals surface area (Å²) in [6.45, 7) is 9.92. The maximum Gasteiger partial charge on any atom is -0.153 e. The molecule has 0 unspecified atom stereocenters. The Morgan fingerprint density at radius 3 is 1.42 bits per heavy atom. The number of carbonyl (C=O) groups is 2. The van der Waals surface area contributed by atoms with Crippen LogP contribution < -0.4 is 5.11 Å². The van der Waals surface area contributed by atoms with Crippen LogP contribution in [-0.2, 0) is 25.3 Å². The van der Waals surface area contributed by atoms with Gasteiger partial charge in [-0.25, -0.2) is 0 Å². The molecule has 8 heteroatoms. The van der Waals surface area contributed by atoms with Crippen LogP contribution in [-0.4, -0.2) is 19.0 Å². The number of halogens is 2. The molecule has 174 valence electrons. The number of rotatable bonds is 5. The van der Waals surface area contributed by atoms with Crippen LogP contribution in [0.3, 0.4) is 0 Å². The molecule has 0 saturated heterocycles. The summed E-state index contributed by atoms with van der Waals surface area (Å²) in [6.07, 6.45) is 0. The number of hydrogen-bond donors (Lipinski definition) is 0. The van der Waals surface area contributed by atoms with Crippen molar-refractivity contribution in [3.63, 3.8) is 0 Å². The molecule has 0 N–H and O–H groups in total. The van der Waals surface area contributed by atoms with Crippen molar-refractivity contribution in [3.8, 4) is 0 Å². The summed E-state index contributed by atoms with van der Waals surface area (Å²) in [6, 6.07) is 9.97. The van der Waals surface area contributed by atoms with E-state index in [9.17, 15) is 18.4 Å². The van der Waals surface area contributed by atoms with Gasteiger partial charge in [0.1, 0.15) is 0 Å². The molecule has 0 amide bonds. The quantitative estimate of drug-likeness (QED) is 0.546. The van der Waals surface area contributed by atoms with Crippen LogP contribution in [0, 0.1) is 17.0 Å². The van der Waals surface area contributed by atoms with Crippen molar-refractivity contribution in [2.24, 2.45) is 5.41 Å². The molecule has 1 aliphatic carbocycles. The fourth-order valence-electron chi connectivity index (χ4n) is 3.58. The second kappa shape index (κ2) is 11.0. The van der Waals surface area contributed by atoms with Gasteiger partial charge in [-0.3, -0.25) is 0 Å². The van der Waals surface area contributed by atoms with Gasteiger partial charge in [-0.05, 0) is 0 Å². The molecule has 0 radical (unpaired) electrons. The van der Waals surface area contributed by atoms with E-state index in [-0.39, 0.29) is 11.1 Å². The molecule has 3 rings (SSSR count). The third-order valence-corrected chi connectivity index (χ3v) is 9.15. The van der Waals surface area contributed by atoms with Gasteiger partial charge in [0.15, 0.2) is 0 Å². The second-order valence-corrected chi connectivity index (χ2v) is 10.3. The standard InChI is InChI=1S/C10H15.2C7H5FO2.CH3O.Ti/c1-7-6-10(4,5)9(3)8(7)2;2*8-6-3-1-5(2-4-6)7(9)10;1-2;/h1-5H3;2*1-4H,(H,9,10);1H3;/q;;;-1;+3/p-2. The van der Waals surface area contributed by atoms with Crippen molar-refractivity contribution in [2.75, 3.05) is 7.11 Å². The van der Waals surface area contributed by atoms with Crippen molar-refractivity contribution >= 4 is 11.9 Å². The Kier molecular flexibility index (Phi) is 8.89. The van der Waals surface area contributed by atoms with Crippen molar-refractivity contribution in [1.82, 2.24) is 0 Å². The third-order valence-electron chi connectivity index (χ3n) is 5.80. The van der Waals surface area contributed by atoms with Gasteiger partial charge in [-0.1, -0.05) is 0 Å². The molecule has 2 aromatic carbocycles. The van der Waals surface area contributed by atoms with E-state index in [1.807, 2.05) is 34.6 Å². The predicted octanol–water partition coefficient (Wildman–Crippen LogP) is 5.05. The Hall–Kier alpha value is -2.61. The van der Waals surface area contributed by atoms with E-state index in [1.165, 1.54) is 48.5 Å². The molecule has 0 saturated carbocycles. The smallest absolute Gasteiger partial charge is 0.153 e. The van der Waals surface area contributed by atoms with Gasteiger partial charge < -0.3 is 5.11 Å². The second-order valence-electron chi connectivity index (χ2n) is 7.96. The zero-order valence-corrected chi connectivity index (χ0v) is 21.0. The SMILES string of the molecule is CC1=C(C)C(C)(C)[C]([Ti+]([O]C(=O)c2ccc(F)cc2)[O]C(=O)c2ccc(F)cc2)=C1C.C[O-]. The molecular formula is C25H26F2O5Ti. The Balaban J connectivity index is 0.00000187. The zero-order chi connectivity index (χ0) is 24.9. The number of allylic oxidation sites excluding steroid dienone is 4. The van der Waals surface area contributed by atoms with E-state index >= 15 is 0 Å². The van der Waals surface area contributed by atoms with Crippen molar-refractivity contribution < 1.29 is 48.8 Å². The summed E-state index contributed by atoms with van der Waals surface area (Å²) >= 11 is -3.43. The van der Waals surface area contributed by atoms with Crippen molar-refractivity contribution in [2.45, 2.75) is 34.6 Å². The van der Waals surface area contributed by atoms with Gasteiger partial charge in [0, 0.05) is 0 Å². The normalized spacial score (nSPS) is 14.5. The van der Waals surface area contributed by atoms with Crippen molar-refractivity contribution in [3.05, 3.63) is 91.9 Å². The maximum absolute atomic E-state index is 13.2. The van der Waals surface area contributed by atoms with Crippen LogP contribution in [0.25, 0.3) is 0 Å². The molecule has 5 nitrogen and oxygen atoms in total. The van der Waals surface area contributed by atoms with Crippen molar-refractivity contribution in [1.29, 1.82) is 0 Å². The monoisotopic (exact) mass is 492 g/mol. The average molecular weight is 492 g/mol. The van der Waals surface area contributed by atoms with Gasteiger partial charge >= 0.3 is 188 Å². The summed E-state index contributed by atoms with van der Waals surface area (Å²) in [4.78, 5) is 25.6. The molecule has 0 spiro atoms. The number of benzene rings is 2. The number of carbonyl (C=O) groups excluding carboxylic acids is 2. The fourth-order valence-corrected chi connectivity index (χ4v) is 6.72. The molecule has 0 fully saturated rings. The summed E-state index contributed by atoms with van der Waals surface area (Å²) in [5.41, 5.74) is 3.01. The van der Waals surface area contributed by atoms with Crippen LogP contribution in [0.2, 0.25) is 0 Å². The maximum atomic E-state index is 13.2. The Labute approximate surface area is 199 Å². The molecule has 0 atom stereocenters. The van der Waals surface area contributed by atoms with E-state index in [2.05, 4.69) is 0 Å². The van der Waals surface area contributed by atoms with Crippen LogP contribution in [0.5, 0.6) is 0 Å². The van der Waals surface area contributed by atoms with Gasteiger partial charge in [0.05, 0.1) is 0 Å². The molecule has 2 aromatic rings. The van der Waals surface area contributed by atoms with E-state index in [4.69, 9.17) is 11.7 Å². The van der Waals surface area contributed by atoms with E-state index in [0.29, 0.717) is 0 Å². The summed E-state index contributed by atoms with van der Waals surface area (Å²) in [5, 5.41) is 8.25. The Morgan fingerprint density at radius 2 is 1.12 bits per heavy atom. The minimum Gasteiger partial charge on any atom is -0.857 e. The predicted molar refractivity (Wildman–Crippen MR) is 114 cm³/mol. The first kappa shape index (κ1) is 26.6. The molecule has 0 bridgehead atoms. The Morgan fingerprint density at radius 1 is 0.758 bits per heavy atom. The molecule has 33 heavy (non-hydrogen) atoms. The van der Waals surface area contributed by atoms with Crippen LogP contribution in [0.4, 0.5) is 8.78 Å². The Bertz CT molecular complexity index is 1030. The van der Waals surface area contributed by atoms with Gasteiger partial charge in [0.2, 0.25) is 0 Å². The summed E-state index contributed by atoms with van der Waals surface area (Å²) in [5.74, 6) is -2.30. The van der Waals surface area contributed by atoms with Gasteiger partial charge in [0.25, 0.3) is 0 Å². The van der Waals surface area contributed by atoms with Gasteiger partial charge in [-0.2, -0.15) is 7.11 Å². The largest absolute Gasteiger partial charge is 0.857 e. The molecule has 1 aliphatic rings. The first-order chi connectivity index (χ1) is 15.5. The molecule has 0 heterocycles. The first-order valence-corrected chi connectivity index (χ1v) is 12.2. The van der Waals surface area contributed by atoms with Gasteiger partial charge in [-0.15, -0.1) is 0 Å². The van der Waals surface area contributed by atoms with Crippen LogP contribution in [0.1, 0.15) is 55.3 Å². The van der Waals surface area contributed by atoms with E-state index in [0.717, 1.165) is 27.7 Å². The first-order valence-electron chi connectivity index (χ1n) is 10.2. The average Bonchev–Trinajstić information content (AvgIpc) is 2.94. The topological polar surface area (TPSA) is 75.7 Å². The van der Waals surface area contributed by atoms with E-state index < -0.39 is 47.6 Å². The van der Waals surface area contributed by atoms with Crippen LogP contribution >= 0.6 is 0 Å². The summed E-state index contributed by atoms with van der Waals surface area (Å²) < 4.78 is 38.8. The van der Waals surface area contributed by atoms with Crippen LogP contribution in [0.15, 0.2) is 69.1 Å². The minimum atomic E-state index is -3.43.